The van der Waals surface area contributed by atoms with Gasteiger partial charge >= 0.3 is 0 Å². The molecule has 1 N–H and O–H groups in total. The second-order valence-electron chi connectivity index (χ2n) is 5.10. The molecule has 1 saturated carbocycles. The molecule has 2 rings (SSSR count). The third-order valence-electron chi connectivity index (χ3n) is 4.05. The highest BCUT2D eigenvalue weighted by atomic mass is 35.5. The monoisotopic (exact) mass is 268 g/mol. The van der Waals surface area contributed by atoms with Crippen LogP contribution in [-0.4, -0.2) is 45.7 Å². The summed E-state index contributed by atoms with van der Waals surface area (Å²) < 4.78 is 25.0. The summed E-state index contributed by atoms with van der Waals surface area (Å²) in [5.41, 5.74) is 0.309. The number of rotatable bonds is 3. The summed E-state index contributed by atoms with van der Waals surface area (Å²) >= 11 is 0. The average molecular weight is 269 g/mol. The third kappa shape index (κ3) is 2.37. The molecule has 16 heavy (non-hydrogen) atoms. The Morgan fingerprint density at radius 2 is 2.00 bits per heavy atom. The summed E-state index contributed by atoms with van der Waals surface area (Å²) in [7, 11) is 0.197. The topological polar surface area (TPSA) is 49.4 Å². The number of nitrogens with one attached hydrogen (secondary N) is 1. The van der Waals surface area contributed by atoms with Crippen molar-refractivity contribution in [3.05, 3.63) is 0 Å². The highest BCUT2D eigenvalue weighted by Crippen LogP contribution is 2.49. The molecule has 6 heteroatoms. The van der Waals surface area contributed by atoms with Gasteiger partial charge in [-0.1, -0.05) is 6.42 Å². The molecule has 1 heterocycles. The lowest BCUT2D eigenvalue weighted by molar-refractivity contribution is 0.109. The second kappa shape index (κ2) is 4.80. The number of sulfonamides is 1. The summed E-state index contributed by atoms with van der Waals surface area (Å²) in [6, 6.07) is 0. The van der Waals surface area contributed by atoms with E-state index in [9.17, 15) is 8.42 Å². The van der Waals surface area contributed by atoms with E-state index in [0.717, 1.165) is 13.1 Å². The van der Waals surface area contributed by atoms with Crippen molar-refractivity contribution in [2.75, 3.05) is 32.9 Å². The van der Waals surface area contributed by atoms with Crippen LogP contribution in [0.25, 0.3) is 0 Å². The molecular formula is C10H21ClN2O2S. The third-order valence-corrected chi connectivity index (χ3v) is 5.99. The van der Waals surface area contributed by atoms with Gasteiger partial charge in [0.05, 0.1) is 5.75 Å². The van der Waals surface area contributed by atoms with Gasteiger partial charge in [-0.25, -0.2) is 12.7 Å². The van der Waals surface area contributed by atoms with Crippen LogP contribution >= 0.6 is 12.4 Å². The molecule has 1 atom stereocenters. The smallest absolute Gasteiger partial charge is 0.213 e. The molecule has 4 nitrogen and oxygen atoms in total. The highest BCUT2D eigenvalue weighted by molar-refractivity contribution is 7.89. The fraction of sp³-hybridized carbons (Fsp3) is 1.00. The molecule has 1 aliphatic carbocycles. The Hall–Kier alpha value is 0.160. The Morgan fingerprint density at radius 1 is 1.38 bits per heavy atom. The Morgan fingerprint density at radius 3 is 2.44 bits per heavy atom. The SMILES string of the molecule is CN(C)S(=O)(=O)CC1CNCC12CCC2.Cl. The Labute approximate surface area is 104 Å². The normalized spacial score (nSPS) is 27.8. The van der Waals surface area contributed by atoms with Crippen molar-refractivity contribution in [2.45, 2.75) is 19.3 Å². The summed E-state index contributed by atoms with van der Waals surface area (Å²) in [5, 5.41) is 3.34. The maximum absolute atomic E-state index is 11.8. The van der Waals surface area contributed by atoms with Crippen LogP contribution in [0.4, 0.5) is 0 Å². The number of hydrogen-bond acceptors (Lipinski definition) is 3. The summed E-state index contributed by atoms with van der Waals surface area (Å²) in [6.45, 7) is 1.88. The van der Waals surface area contributed by atoms with Gasteiger partial charge in [0.1, 0.15) is 0 Å². The van der Waals surface area contributed by atoms with Gasteiger partial charge in [0.15, 0.2) is 0 Å². The molecule has 0 bridgehead atoms. The van der Waals surface area contributed by atoms with E-state index in [2.05, 4.69) is 5.32 Å². The number of nitrogens with zero attached hydrogens (tertiary/aromatic N) is 1. The minimum Gasteiger partial charge on any atom is -0.316 e. The standard InChI is InChI=1S/C10H20N2O2S.ClH/c1-12(2)15(13,14)7-9-6-11-8-10(9)4-3-5-10;/h9,11H,3-8H2,1-2H3;1H. The van der Waals surface area contributed by atoms with Crippen LogP contribution in [0, 0.1) is 11.3 Å². The van der Waals surface area contributed by atoms with Gasteiger partial charge in [-0.3, -0.25) is 0 Å². The van der Waals surface area contributed by atoms with Crippen LogP contribution in [-0.2, 0) is 10.0 Å². The molecular weight excluding hydrogens is 248 g/mol. The maximum atomic E-state index is 11.8. The molecule has 0 radical (unpaired) electrons. The first-order chi connectivity index (χ1) is 6.96. The van der Waals surface area contributed by atoms with E-state index in [4.69, 9.17) is 0 Å². The van der Waals surface area contributed by atoms with Gasteiger partial charge in [0, 0.05) is 20.6 Å². The largest absolute Gasteiger partial charge is 0.316 e. The summed E-state index contributed by atoms with van der Waals surface area (Å²) in [4.78, 5) is 0. The molecule has 0 aromatic carbocycles. The average Bonchev–Trinajstić information content (AvgIpc) is 2.45. The van der Waals surface area contributed by atoms with Crippen molar-refractivity contribution in [3.8, 4) is 0 Å². The Kier molecular flexibility index (Phi) is 4.27. The van der Waals surface area contributed by atoms with Crippen molar-refractivity contribution < 1.29 is 8.42 Å². The van der Waals surface area contributed by atoms with Crippen LogP contribution in [0.15, 0.2) is 0 Å². The predicted octanol–water partition coefficient (Wildman–Crippen LogP) is 0.689. The zero-order valence-corrected chi connectivity index (χ0v) is 11.5. The van der Waals surface area contributed by atoms with E-state index in [1.165, 1.54) is 23.6 Å². The molecule has 2 aliphatic rings. The summed E-state index contributed by atoms with van der Waals surface area (Å²) in [5.74, 6) is 0.631. The van der Waals surface area contributed by atoms with Crippen molar-refractivity contribution >= 4 is 22.4 Å². The van der Waals surface area contributed by atoms with E-state index in [-0.39, 0.29) is 12.4 Å². The summed E-state index contributed by atoms with van der Waals surface area (Å²) in [6.07, 6.45) is 3.67. The van der Waals surface area contributed by atoms with Gasteiger partial charge in [0.2, 0.25) is 10.0 Å². The van der Waals surface area contributed by atoms with Crippen LogP contribution in [0.3, 0.4) is 0 Å². The van der Waals surface area contributed by atoms with Crippen molar-refractivity contribution in [3.63, 3.8) is 0 Å². The first kappa shape index (κ1) is 14.2. The van der Waals surface area contributed by atoms with Gasteiger partial charge in [0.25, 0.3) is 0 Å². The molecule has 1 saturated heterocycles. The lowest BCUT2D eigenvalue weighted by Gasteiger charge is -2.42. The molecule has 0 aromatic rings. The maximum Gasteiger partial charge on any atom is 0.213 e. The quantitative estimate of drug-likeness (QED) is 0.819. The second-order valence-corrected chi connectivity index (χ2v) is 7.33. The first-order valence-corrected chi connectivity index (χ1v) is 7.18. The molecule has 0 amide bonds. The molecule has 96 valence electrons. The van der Waals surface area contributed by atoms with Gasteiger partial charge < -0.3 is 5.32 Å². The van der Waals surface area contributed by atoms with Crippen molar-refractivity contribution in [1.29, 1.82) is 0 Å². The van der Waals surface area contributed by atoms with Gasteiger partial charge in [-0.2, -0.15) is 0 Å². The fourth-order valence-corrected chi connectivity index (χ4v) is 3.99. The number of hydrogen-bond donors (Lipinski definition) is 1. The lowest BCUT2D eigenvalue weighted by atomic mass is 9.63. The minimum atomic E-state index is -3.04. The Bertz CT molecular complexity index is 339. The first-order valence-electron chi connectivity index (χ1n) is 5.57. The fourth-order valence-electron chi connectivity index (χ4n) is 2.71. The zero-order valence-electron chi connectivity index (χ0n) is 9.90. The molecule has 2 fully saturated rings. The van der Waals surface area contributed by atoms with Crippen LogP contribution in [0.5, 0.6) is 0 Å². The van der Waals surface area contributed by atoms with E-state index in [0.29, 0.717) is 17.1 Å². The lowest BCUT2D eigenvalue weighted by Crippen LogP contribution is -2.42. The van der Waals surface area contributed by atoms with Gasteiger partial charge in [-0.15, -0.1) is 12.4 Å². The van der Waals surface area contributed by atoms with Crippen LogP contribution < -0.4 is 5.32 Å². The molecule has 1 spiro atoms. The number of halogens is 1. The molecule has 1 unspecified atom stereocenters. The van der Waals surface area contributed by atoms with E-state index >= 15 is 0 Å². The van der Waals surface area contributed by atoms with Gasteiger partial charge in [-0.05, 0) is 30.7 Å². The predicted molar refractivity (Wildman–Crippen MR) is 67.4 cm³/mol. The zero-order chi connectivity index (χ0) is 11.1. The highest BCUT2D eigenvalue weighted by Gasteiger charge is 2.48. The Balaban J connectivity index is 0.00000128. The minimum absolute atomic E-state index is 0. The van der Waals surface area contributed by atoms with Crippen LogP contribution in [0.2, 0.25) is 0 Å². The van der Waals surface area contributed by atoms with Crippen molar-refractivity contribution in [2.24, 2.45) is 11.3 Å². The van der Waals surface area contributed by atoms with Crippen molar-refractivity contribution in [1.82, 2.24) is 9.62 Å². The van der Waals surface area contributed by atoms with Crippen LogP contribution in [0.1, 0.15) is 19.3 Å². The molecule has 1 aliphatic heterocycles. The molecule has 0 aromatic heterocycles. The van der Waals surface area contributed by atoms with E-state index in [1.54, 1.807) is 14.1 Å². The van der Waals surface area contributed by atoms with E-state index in [1.807, 2.05) is 0 Å². The van der Waals surface area contributed by atoms with E-state index < -0.39 is 10.0 Å².